The monoisotopic (exact) mass is 253 g/mol. The molecule has 1 aliphatic rings. The summed E-state index contributed by atoms with van der Waals surface area (Å²) in [5.41, 5.74) is 4.34. The Labute approximate surface area is 111 Å². The summed E-state index contributed by atoms with van der Waals surface area (Å²) in [5.74, 6) is 0.192. The van der Waals surface area contributed by atoms with Crippen molar-refractivity contribution in [2.45, 2.75) is 13.3 Å². The van der Waals surface area contributed by atoms with Crippen LogP contribution in [-0.2, 0) is 6.42 Å². The van der Waals surface area contributed by atoms with E-state index in [0.717, 1.165) is 23.5 Å². The van der Waals surface area contributed by atoms with Crippen molar-refractivity contribution in [3.63, 3.8) is 0 Å². The molecule has 3 N–H and O–H groups in total. The average Bonchev–Trinajstić information content (AvgIpc) is 3.12. The molecule has 19 heavy (non-hydrogen) atoms. The first-order valence-corrected chi connectivity index (χ1v) is 6.29. The van der Waals surface area contributed by atoms with Crippen molar-refractivity contribution >= 4 is 11.8 Å². The fraction of sp³-hybridized carbons (Fsp3) is 0.133. The highest BCUT2D eigenvalue weighted by molar-refractivity contribution is 6.10. The first kappa shape index (κ1) is 11.6. The Bertz CT molecular complexity index is 672. The van der Waals surface area contributed by atoms with Crippen molar-refractivity contribution < 1.29 is 5.11 Å². The molecule has 3 rings (SSSR count). The van der Waals surface area contributed by atoms with Gasteiger partial charge in [0, 0.05) is 23.7 Å². The molecular weight excluding hydrogens is 238 g/mol. The first-order valence-electron chi connectivity index (χ1n) is 6.29. The third kappa shape index (κ3) is 2.25. The van der Waals surface area contributed by atoms with Crippen LogP contribution in [-0.4, -0.2) is 20.8 Å². The van der Waals surface area contributed by atoms with Crippen molar-refractivity contribution in [2.75, 3.05) is 0 Å². The molecule has 0 fully saturated rings. The molecule has 96 valence electrons. The third-order valence-electron chi connectivity index (χ3n) is 3.09. The number of H-pyrrole nitrogens is 2. The van der Waals surface area contributed by atoms with Gasteiger partial charge in [-0.05, 0) is 36.8 Å². The average molecular weight is 253 g/mol. The van der Waals surface area contributed by atoms with Crippen LogP contribution in [0.2, 0.25) is 0 Å². The maximum atomic E-state index is 9.93. The predicted molar refractivity (Wildman–Crippen MR) is 76.2 cm³/mol. The molecule has 2 aromatic rings. The number of hydrogen-bond acceptors (Lipinski definition) is 2. The Hall–Kier alpha value is -2.49. The maximum Gasteiger partial charge on any atom is 0.143 e. The summed E-state index contributed by atoms with van der Waals surface area (Å²) in [6.07, 6.45) is 6.31. The highest BCUT2D eigenvalue weighted by Gasteiger charge is 2.15. The lowest BCUT2D eigenvalue weighted by Gasteiger charge is -1.94. The maximum absolute atomic E-state index is 9.93. The molecule has 0 saturated heterocycles. The zero-order valence-electron chi connectivity index (χ0n) is 10.6. The number of aryl methyl sites for hydroxylation is 1. The Balaban J connectivity index is 1.92. The van der Waals surface area contributed by atoms with Gasteiger partial charge in [0.2, 0.25) is 0 Å². The van der Waals surface area contributed by atoms with Gasteiger partial charge in [0.15, 0.2) is 0 Å². The number of aromatic nitrogens is 2. The topological polar surface area (TPSA) is 64.2 Å². The molecule has 0 saturated carbocycles. The van der Waals surface area contributed by atoms with Crippen LogP contribution in [0.5, 0.6) is 0 Å². The second-order valence-electron chi connectivity index (χ2n) is 4.43. The van der Waals surface area contributed by atoms with E-state index in [0.29, 0.717) is 5.70 Å². The van der Waals surface area contributed by atoms with Gasteiger partial charge in [-0.3, -0.25) is 0 Å². The van der Waals surface area contributed by atoms with E-state index in [2.05, 4.69) is 21.9 Å². The zero-order chi connectivity index (χ0) is 13.2. The van der Waals surface area contributed by atoms with Gasteiger partial charge in [-0.25, -0.2) is 4.99 Å². The number of aliphatic hydroxyl groups excluding tert-OH is 1. The number of aliphatic imine (C=N–C) groups is 1. The minimum atomic E-state index is 0.192. The predicted octanol–water partition coefficient (Wildman–Crippen LogP) is 3.19. The number of nitrogens with one attached hydrogen (secondary N) is 2. The molecule has 0 spiro atoms. The minimum Gasteiger partial charge on any atom is -0.506 e. The van der Waals surface area contributed by atoms with Crippen LogP contribution in [0.15, 0.2) is 53.0 Å². The second-order valence-corrected chi connectivity index (χ2v) is 4.43. The summed E-state index contributed by atoms with van der Waals surface area (Å²) >= 11 is 0. The standard InChI is InChI=1S/C15H15N3O/c1-2-10-5-6-11(17-10)8-14-15(19)9-13(18-14)12-4-3-7-16-12/h3-9,16-17,19H,2H2,1H3/b14-8+. The molecule has 4 heteroatoms. The summed E-state index contributed by atoms with van der Waals surface area (Å²) in [7, 11) is 0. The van der Waals surface area contributed by atoms with E-state index in [1.165, 1.54) is 5.69 Å². The minimum absolute atomic E-state index is 0.192. The number of nitrogens with zero attached hydrogens (tertiary/aromatic N) is 1. The molecular formula is C15H15N3O. The molecule has 0 aromatic carbocycles. The highest BCUT2D eigenvalue weighted by Crippen LogP contribution is 2.22. The lowest BCUT2D eigenvalue weighted by molar-refractivity contribution is 0.426. The molecule has 0 aliphatic carbocycles. The van der Waals surface area contributed by atoms with E-state index in [-0.39, 0.29) is 5.76 Å². The fourth-order valence-corrected chi connectivity index (χ4v) is 2.05. The molecule has 3 heterocycles. The molecule has 0 radical (unpaired) electrons. The van der Waals surface area contributed by atoms with E-state index in [1.807, 2.05) is 36.5 Å². The van der Waals surface area contributed by atoms with Crippen LogP contribution < -0.4 is 0 Å². The SMILES string of the molecule is CCc1ccc(/C=C2/N=C(c3ccc[nH]3)C=C2O)[nH]1. The fourth-order valence-electron chi connectivity index (χ4n) is 2.05. The summed E-state index contributed by atoms with van der Waals surface area (Å²) in [6.45, 7) is 2.09. The Morgan fingerprint density at radius 1 is 1.32 bits per heavy atom. The molecule has 1 aliphatic heterocycles. The van der Waals surface area contributed by atoms with Gasteiger partial charge < -0.3 is 15.1 Å². The summed E-state index contributed by atoms with van der Waals surface area (Å²) in [6, 6.07) is 7.86. The van der Waals surface area contributed by atoms with Crippen LogP contribution in [0.3, 0.4) is 0 Å². The summed E-state index contributed by atoms with van der Waals surface area (Å²) < 4.78 is 0. The van der Waals surface area contributed by atoms with Crippen molar-refractivity contribution in [3.05, 3.63) is 65.1 Å². The van der Waals surface area contributed by atoms with E-state index in [9.17, 15) is 5.11 Å². The van der Waals surface area contributed by atoms with Gasteiger partial charge in [-0.2, -0.15) is 0 Å². The third-order valence-corrected chi connectivity index (χ3v) is 3.09. The van der Waals surface area contributed by atoms with Crippen molar-refractivity contribution in [1.82, 2.24) is 9.97 Å². The molecule has 0 amide bonds. The number of aliphatic hydroxyl groups is 1. The van der Waals surface area contributed by atoms with E-state index in [4.69, 9.17) is 0 Å². The smallest absolute Gasteiger partial charge is 0.143 e. The molecule has 0 bridgehead atoms. The Kier molecular flexibility index (Phi) is 2.83. The number of allylic oxidation sites excluding steroid dienone is 1. The Morgan fingerprint density at radius 2 is 2.21 bits per heavy atom. The van der Waals surface area contributed by atoms with E-state index >= 15 is 0 Å². The number of rotatable bonds is 3. The van der Waals surface area contributed by atoms with Crippen LogP contribution in [0.25, 0.3) is 6.08 Å². The van der Waals surface area contributed by atoms with Crippen LogP contribution in [0.1, 0.15) is 24.0 Å². The van der Waals surface area contributed by atoms with Crippen molar-refractivity contribution in [1.29, 1.82) is 0 Å². The molecule has 0 unspecified atom stereocenters. The van der Waals surface area contributed by atoms with Crippen molar-refractivity contribution in [3.8, 4) is 0 Å². The van der Waals surface area contributed by atoms with Crippen LogP contribution >= 0.6 is 0 Å². The summed E-state index contributed by atoms with van der Waals surface area (Å²) in [4.78, 5) is 10.8. The van der Waals surface area contributed by atoms with Crippen LogP contribution in [0, 0.1) is 0 Å². The van der Waals surface area contributed by atoms with Gasteiger partial charge in [0.1, 0.15) is 11.5 Å². The second kappa shape index (κ2) is 4.65. The molecule has 4 nitrogen and oxygen atoms in total. The number of hydrogen-bond donors (Lipinski definition) is 3. The highest BCUT2D eigenvalue weighted by atomic mass is 16.3. The van der Waals surface area contributed by atoms with Gasteiger partial charge >= 0.3 is 0 Å². The molecule has 0 atom stereocenters. The summed E-state index contributed by atoms with van der Waals surface area (Å²) in [5, 5.41) is 9.93. The Morgan fingerprint density at radius 3 is 2.89 bits per heavy atom. The van der Waals surface area contributed by atoms with E-state index < -0.39 is 0 Å². The molecule has 2 aromatic heterocycles. The normalized spacial score (nSPS) is 16.8. The van der Waals surface area contributed by atoms with Crippen LogP contribution in [0.4, 0.5) is 0 Å². The van der Waals surface area contributed by atoms with Crippen molar-refractivity contribution in [2.24, 2.45) is 4.99 Å². The van der Waals surface area contributed by atoms with Gasteiger partial charge in [-0.15, -0.1) is 0 Å². The van der Waals surface area contributed by atoms with E-state index in [1.54, 1.807) is 6.08 Å². The van der Waals surface area contributed by atoms with Gasteiger partial charge in [0.05, 0.1) is 11.4 Å². The van der Waals surface area contributed by atoms with Gasteiger partial charge in [0.25, 0.3) is 0 Å². The lowest BCUT2D eigenvalue weighted by Crippen LogP contribution is -1.92. The van der Waals surface area contributed by atoms with Gasteiger partial charge in [-0.1, -0.05) is 6.92 Å². The first-order chi connectivity index (χ1) is 9.26. The number of aromatic amines is 2. The largest absolute Gasteiger partial charge is 0.506 e. The lowest BCUT2D eigenvalue weighted by atomic mass is 10.2. The zero-order valence-corrected chi connectivity index (χ0v) is 10.6. The quantitative estimate of drug-likeness (QED) is 0.772.